The zero-order chi connectivity index (χ0) is 17.9. The molecule has 0 fully saturated rings. The number of alkyl halides is 2. The number of hydrogen-bond acceptors (Lipinski definition) is 4. The lowest BCUT2D eigenvalue weighted by molar-refractivity contribution is -0.154. The van der Waals surface area contributed by atoms with Crippen LogP contribution in [-0.2, 0) is 4.79 Å². The third-order valence-corrected chi connectivity index (χ3v) is 3.50. The smallest absolute Gasteiger partial charge is 0.292 e. The molecular weight excluding hydrogens is 347 g/mol. The van der Waals surface area contributed by atoms with E-state index in [1.807, 2.05) is 5.32 Å². The molecule has 0 aliphatic carbocycles. The predicted octanol–water partition coefficient (Wildman–Crippen LogP) is 3.50. The van der Waals surface area contributed by atoms with Crippen molar-refractivity contribution in [1.82, 2.24) is 15.4 Å². The molecule has 1 atom stereocenters. The third kappa shape index (κ3) is 3.48. The van der Waals surface area contributed by atoms with Gasteiger partial charge >= 0.3 is 0 Å². The van der Waals surface area contributed by atoms with E-state index in [0.29, 0.717) is 11.5 Å². The number of nitrogens with zero attached hydrogens (tertiary/aromatic N) is 2. The number of allylic oxidation sites excluding steroid dienone is 2. The maximum Gasteiger partial charge on any atom is 0.292 e. The van der Waals surface area contributed by atoms with Crippen molar-refractivity contribution in [1.29, 1.82) is 0 Å². The van der Waals surface area contributed by atoms with Gasteiger partial charge in [-0.15, -0.1) is 0 Å². The van der Waals surface area contributed by atoms with Crippen molar-refractivity contribution in [2.75, 3.05) is 6.54 Å². The topological polar surface area (TPSA) is 54.5 Å². The highest BCUT2D eigenvalue weighted by molar-refractivity contribution is 6.30. The fourth-order valence-electron chi connectivity index (χ4n) is 2.02. The number of pyridine rings is 1. The number of amides is 1. The van der Waals surface area contributed by atoms with Gasteiger partial charge in [-0.3, -0.25) is 4.79 Å². The van der Waals surface area contributed by atoms with Gasteiger partial charge in [0.05, 0.1) is 12.2 Å². The fraction of sp³-hybridized carbons (Fsp3) is 0.333. The van der Waals surface area contributed by atoms with Crippen molar-refractivity contribution in [3.63, 3.8) is 0 Å². The molecule has 1 unspecified atom stereocenters. The summed E-state index contributed by atoms with van der Waals surface area (Å²) in [4.78, 5) is 21.6. The van der Waals surface area contributed by atoms with Crippen LogP contribution in [0.4, 0.5) is 13.2 Å². The summed E-state index contributed by atoms with van der Waals surface area (Å²) >= 11 is 5.46. The van der Waals surface area contributed by atoms with Gasteiger partial charge in [0.25, 0.3) is 11.0 Å². The molecule has 24 heavy (non-hydrogen) atoms. The van der Waals surface area contributed by atoms with Gasteiger partial charge in [0.15, 0.2) is 5.83 Å². The van der Waals surface area contributed by atoms with Gasteiger partial charge in [-0.05, 0) is 19.4 Å². The molecule has 0 radical (unpaired) electrons. The van der Waals surface area contributed by atoms with Gasteiger partial charge in [-0.25, -0.2) is 13.8 Å². The second-order valence-corrected chi connectivity index (χ2v) is 5.51. The highest BCUT2D eigenvalue weighted by Gasteiger charge is 2.49. The van der Waals surface area contributed by atoms with Crippen molar-refractivity contribution < 1.29 is 22.8 Å². The molecule has 9 heteroatoms. The number of dihydropyridines is 1. The molecule has 0 bridgehead atoms. The quantitative estimate of drug-likeness (QED) is 0.495. The largest absolute Gasteiger partial charge is 0.356 e. The molecule has 1 aliphatic rings. The number of hydrogen-bond donors (Lipinski definition) is 1. The number of nitrogens with one attached hydrogen (secondary N) is 1. The van der Waals surface area contributed by atoms with E-state index in [1.54, 1.807) is 19.1 Å². The third-order valence-electron chi connectivity index (χ3n) is 3.14. The average Bonchev–Trinajstić information content (AvgIpc) is 2.53. The summed E-state index contributed by atoms with van der Waals surface area (Å²) in [7, 11) is 0. The van der Waals surface area contributed by atoms with E-state index < -0.39 is 34.1 Å². The maximum atomic E-state index is 14.5. The van der Waals surface area contributed by atoms with Crippen LogP contribution in [0.1, 0.15) is 20.3 Å². The average molecular weight is 362 g/mol. The molecule has 2 heterocycles. The monoisotopic (exact) mass is 361 g/mol. The van der Waals surface area contributed by atoms with Gasteiger partial charge in [0, 0.05) is 12.3 Å². The Hall–Kier alpha value is -2.22. The first-order valence-corrected chi connectivity index (χ1v) is 7.49. The summed E-state index contributed by atoms with van der Waals surface area (Å²) in [5.74, 6) is -4.06. The lowest BCUT2D eigenvalue weighted by Gasteiger charge is -2.29. The Kier molecular flexibility index (Phi) is 5.38. The van der Waals surface area contributed by atoms with Crippen LogP contribution in [0.3, 0.4) is 0 Å². The van der Waals surface area contributed by atoms with Crippen molar-refractivity contribution >= 4 is 17.5 Å². The minimum atomic E-state index is -3.42. The number of carbonyl (C=O) groups is 1. The highest BCUT2D eigenvalue weighted by atomic mass is 35.5. The van der Waals surface area contributed by atoms with E-state index >= 15 is 0 Å². The standard InChI is InChI=1S/C15H15ClF3N3O2/c1-3-8-22(24-10-6-4-5-7-20-10)14(23)11-13(18)21-9(2)12(17)15(11,16)19/h4-7,21H,3,8H2,1-2H3. The first kappa shape index (κ1) is 18.1. The van der Waals surface area contributed by atoms with Crippen LogP contribution >= 0.6 is 11.6 Å². The lowest BCUT2D eigenvalue weighted by atomic mass is 10.0. The Balaban J connectivity index is 2.34. The van der Waals surface area contributed by atoms with Crippen LogP contribution in [0, 0.1) is 0 Å². The number of carbonyl (C=O) groups excluding carboxylic acids is 1. The van der Waals surface area contributed by atoms with Crippen LogP contribution < -0.4 is 10.2 Å². The van der Waals surface area contributed by atoms with Gasteiger partial charge in [-0.2, -0.15) is 9.45 Å². The SMILES string of the molecule is CCCN(Oc1ccccn1)C(=O)C1=C(F)NC(C)=C(F)C1(F)Cl. The molecule has 0 saturated carbocycles. The fourth-order valence-corrected chi connectivity index (χ4v) is 2.33. The van der Waals surface area contributed by atoms with Crippen LogP contribution in [0.5, 0.6) is 5.88 Å². The molecule has 0 aromatic carbocycles. The van der Waals surface area contributed by atoms with E-state index in [4.69, 9.17) is 16.4 Å². The van der Waals surface area contributed by atoms with E-state index in [1.165, 1.54) is 12.3 Å². The molecule has 1 aromatic heterocycles. The summed E-state index contributed by atoms with van der Waals surface area (Å²) in [6, 6.07) is 4.68. The Morgan fingerprint density at radius 3 is 2.75 bits per heavy atom. The second-order valence-electron chi connectivity index (χ2n) is 4.99. The first-order chi connectivity index (χ1) is 11.3. The predicted molar refractivity (Wildman–Crippen MR) is 81.6 cm³/mol. The molecule has 0 spiro atoms. The number of halogens is 4. The van der Waals surface area contributed by atoms with E-state index in [-0.39, 0.29) is 12.4 Å². The number of rotatable bonds is 5. The molecule has 1 aromatic rings. The molecule has 1 amide bonds. The van der Waals surface area contributed by atoms with Crippen molar-refractivity contribution in [3.05, 3.63) is 47.4 Å². The molecular formula is C15H15ClF3N3O2. The first-order valence-electron chi connectivity index (χ1n) is 7.11. The van der Waals surface area contributed by atoms with Gasteiger partial charge in [-0.1, -0.05) is 24.6 Å². The molecule has 0 saturated heterocycles. The Bertz CT molecular complexity index is 692. The van der Waals surface area contributed by atoms with Crippen molar-refractivity contribution in [2.45, 2.75) is 25.4 Å². The number of aromatic nitrogens is 1. The van der Waals surface area contributed by atoms with E-state index in [9.17, 15) is 18.0 Å². The summed E-state index contributed by atoms with van der Waals surface area (Å²) < 4.78 is 42.5. The van der Waals surface area contributed by atoms with E-state index in [2.05, 4.69) is 4.98 Å². The van der Waals surface area contributed by atoms with E-state index in [0.717, 1.165) is 6.92 Å². The van der Waals surface area contributed by atoms with Crippen molar-refractivity contribution in [2.24, 2.45) is 0 Å². The Morgan fingerprint density at radius 2 is 2.17 bits per heavy atom. The summed E-state index contributed by atoms with van der Waals surface area (Å²) in [6.07, 6.45) is 1.83. The van der Waals surface area contributed by atoms with Gasteiger partial charge < -0.3 is 10.2 Å². The lowest BCUT2D eigenvalue weighted by Crippen LogP contribution is -2.44. The number of hydroxylamine groups is 2. The van der Waals surface area contributed by atoms with Crippen LogP contribution in [0.2, 0.25) is 0 Å². The molecule has 130 valence electrons. The van der Waals surface area contributed by atoms with Crippen LogP contribution in [0.25, 0.3) is 0 Å². The Morgan fingerprint density at radius 1 is 1.46 bits per heavy atom. The van der Waals surface area contributed by atoms with Gasteiger partial charge in [0.2, 0.25) is 11.8 Å². The summed E-state index contributed by atoms with van der Waals surface area (Å²) in [5.41, 5.74) is -1.66. The molecule has 2 rings (SSSR count). The zero-order valence-electron chi connectivity index (χ0n) is 12.9. The Labute approximate surface area is 141 Å². The zero-order valence-corrected chi connectivity index (χ0v) is 13.7. The normalized spacial score (nSPS) is 20.8. The highest BCUT2D eigenvalue weighted by Crippen LogP contribution is 2.42. The molecule has 1 N–H and O–H groups in total. The van der Waals surface area contributed by atoms with Crippen molar-refractivity contribution in [3.8, 4) is 5.88 Å². The summed E-state index contributed by atoms with van der Waals surface area (Å²) in [5, 5.41) is -0.786. The minimum absolute atomic E-state index is 0.0104. The molecule has 1 aliphatic heterocycles. The summed E-state index contributed by atoms with van der Waals surface area (Å²) in [6.45, 7) is 2.81. The van der Waals surface area contributed by atoms with Crippen LogP contribution in [-0.4, -0.2) is 27.6 Å². The minimum Gasteiger partial charge on any atom is -0.356 e. The molecule has 5 nitrogen and oxygen atoms in total. The van der Waals surface area contributed by atoms with Crippen LogP contribution in [0.15, 0.2) is 47.4 Å². The second kappa shape index (κ2) is 7.12. The van der Waals surface area contributed by atoms with Gasteiger partial charge in [0.1, 0.15) is 5.57 Å². The maximum absolute atomic E-state index is 14.5.